The van der Waals surface area contributed by atoms with E-state index in [4.69, 9.17) is 11.6 Å². The number of aliphatic hydroxyl groups is 1. The molecular weight excluding hydrogens is 248 g/mol. The average molecular weight is 269 g/mol. The number of piperazine rings is 1. The second kappa shape index (κ2) is 5.91. The summed E-state index contributed by atoms with van der Waals surface area (Å²) < 4.78 is 0. The maximum absolute atomic E-state index is 9.23. The van der Waals surface area contributed by atoms with Crippen LogP contribution in [0.1, 0.15) is 13.3 Å². The van der Waals surface area contributed by atoms with Crippen LogP contribution in [-0.4, -0.2) is 48.8 Å². The minimum Gasteiger partial charge on any atom is -0.396 e. The van der Waals surface area contributed by atoms with Gasteiger partial charge < -0.3 is 10.0 Å². The van der Waals surface area contributed by atoms with Crippen LogP contribution in [0.3, 0.4) is 0 Å². The van der Waals surface area contributed by atoms with Gasteiger partial charge in [0.15, 0.2) is 0 Å². The third-order valence-corrected chi connectivity index (χ3v) is 4.10. The maximum atomic E-state index is 9.23. The molecule has 1 aliphatic rings. The number of hydrogen-bond donors (Lipinski definition) is 1. The van der Waals surface area contributed by atoms with Crippen molar-refractivity contribution in [3.05, 3.63) is 29.3 Å². The molecule has 3 nitrogen and oxygen atoms in total. The molecule has 0 amide bonds. The van der Waals surface area contributed by atoms with Crippen molar-refractivity contribution in [2.75, 3.05) is 31.6 Å². The molecule has 1 aromatic carbocycles. The van der Waals surface area contributed by atoms with Crippen molar-refractivity contribution >= 4 is 17.3 Å². The van der Waals surface area contributed by atoms with Gasteiger partial charge in [0.1, 0.15) is 0 Å². The van der Waals surface area contributed by atoms with Crippen LogP contribution >= 0.6 is 11.6 Å². The summed E-state index contributed by atoms with van der Waals surface area (Å²) in [6, 6.07) is 8.78. The number of aliphatic hydroxyl groups excluding tert-OH is 1. The molecule has 100 valence electrons. The molecule has 18 heavy (non-hydrogen) atoms. The molecule has 1 aliphatic heterocycles. The quantitative estimate of drug-likeness (QED) is 0.911. The zero-order valence-electron chi connectivity index (χ0n) is 11.0. The Labute approximate surface area is 114 Å². The van der Waals surface area contributed by atoms with Gasteiger partial charge >= 0.3 is 0 Å². The van der Waals surface area contributed by atoms with Crippen LogP contribution in [0.4, 0.5) is 5.69 Å². The molecule has 1 saturated heterocycles. The topological polar surface area (TPSA) is 26.7 Å². The minimum atomic E-state index is 0.216. The van der Waals surface area contributed by atoms with E-state index in [0.717, 1.165) is 30.2 Å². The third-order valence-electron chi connectivity index (χ3n) is 3.78. The van der Waals surface area contributed by atoms with Crippen LogP contribution in [0.5, 0.6) is 0 Å². The molecule has 0 aromatic heterocycles. The first-order chi connectivity index (χ1) is 8.63. The molecule has 2 atom stereocenters. The zero-order chi connectivity index (χ0) is 13.1. The fourth-order valence-corrected chi connectivity index (χ4v) is 2.80. The van der Waals surface area contributed by atoms with E-state index in [1.165, 1.54) is 0 Å². The lowest BCUT2D eigenvalue weighted by Crippen LogP contribution is -2.56. The standard InChI is InChI=1S/C14H21ClN2O/c1-11-9-17(12(7-8-18)10-16(11)2)14-6-4-3-5-13(14)15/h3-6,11-12,18H,7-10H2,1-2H3. The third kappa shape index (κ3) is 2.79. The van der Waals surface area contributed by atoms with Crippen molar-refractivity contribution in [1.82, 2.24) is 4.90 Å². The monoisotopic (exact) mass is 268 g/mol. The van der Waals surface area contributed by atoms with Crippen LogP contribution in [0.2, 0.25) is 5.02 Å². The second-order valence-corrected chi connectivity index (χ2v) is 5.47. The summed E-state index contributed by atoms with van der Waals surface area (Å²) in [5, 5.41) is 10.0. The number of benzene rings is 1. The molecular formula is C14H21ClN2O. The van der Waals surface area contributed by atoms with Crippen molar-refractivity contribution in [2.24, 2.45) is 0 Å². The first-order valence-corrected chi connectivity index (χ1v) is 6.83. The summed E-state index contributed by atoms with van der Waals surface area (Å²) in [4.78, 5) is 4.68. The van der Waals surface area contributed by atoms with Gasteiger partial charge in [-0.15, -0.1) is 0 Å². The molecule has 0 spiro atoms. The molecule has 0 bridgehead atoms. The number of hydrogen-bond acceptors (Lipinski definition) is 3. The predicted molar refractivity (Wildman–Crippen MR) is 76.4 cm³/mol. The van der Waals surface area contributed by atoms with Gasteiger partial charge in [-0.3, -0.25) is 4.90 Å². The van der Waals surface area contributed by atoms with Crippen molar-refractivity contribution in [3.8, 4) is 0 Å². The fraction of sp³-hybridized carbons (Fsp3) is 0.571. The molecule has 1 heterocycles. The van der Waals surface area contributed by atoms with Gasteiger partial charge in [0, 0.05) is 31.8 Å². The molecule has 1 aromatic rings. The zero-order valence-corrected chi connectivity index (χ0v) is 11.8. The molecule has 2 rings (SSSR count). The number of rotatable bonds is 3. The predicted octanol–water partition coefficient (Wildman–Crippen LogP) is 2.23. The Morgan fingerprint density at radius 3 is 2.72 bits per heavy atom. The lowest BCUT2D eigenvalue weighted by Gasteiger charge is -2.45. The molecule has 1 fully saturated rings. The normalized spacial score (nSPS) is 25.4. The largest absolute Gasteiger partial charge is 0.396 e. The molecule has 0 saturated carbocycles. The van der Waals surface area contributed by atoms with Gasteiger partial charge in [0.05, 0.1) is 10.7 Å². The van der Waals surface area contributed by atoms with Gasteiger partial charge in [-0.2, -0.15) is 0 Å². The summed E-state index contributed by atoms with van der Waals surface area (Å²) >= 11 is 6.29. The van der Waals surface area contributed by atoms with Gasteiger partial charge in [-0.25, -0.2) is 0 Å². The second-order valence-electron chi connectivity index (χ2n) is 5.06. The number of nitrogens with zero attached hydrogens (tertiary/aromatic N) is 2. The van der Waals surface area contributed by atoms with Crippen LogP contribution in [0.25, 0.3) is 0 Å². The average Bonchev–Trinajstić information content (AvgIpc) is 2.35. The van der Waals surface area contributed by atoms with E-state index < -0.39 is 0 Å². The Kier molecular flexibility index (Phi) is 4.49. The van der Waals surface area contributed by atoms with Crippen LogP contribution in [0.15, 0.2) is 24.3 Å². The van der Waals surface area contributed by atoms with Crippen molar-refractivity contribution in [2.45, 2.75) is 25.4 Å². The number of halogens is 1. The van der Waals surface area contributed by atoms with Gasteiger partial charge in [-0.05, 0) is 32.5 Å². The van der Waals surface area contributed by atoms with Crippen molar-refractivity contribution in [1.29, 1.82) is 0 Å². The Bertz CT molecular complexity index is 399. The Morgan fingerprint density at radius 2 is 2.06 bits per heavy atom. The van der Waals surface area contributed by atoms with Crippen molar-refractivity contribution < 1.29 is 5.11 Å². The fourth-order valence-electron chi connectivity index (χ4n) is 2.56. The summed E-state index contributed by atoms with van der Waals surface area (Å²) in [7, 11) is 2.14. The SMILES string of the molecule is CC1CN(c2ccccc2Cl)C(CCO)CN1C. The first-order valence-electron chi connectivity index (χ1n) is 6.45. The molecule has 1 N–H and O–H groups in total. The summed E-state index contributed by atoms with van der Waals surface area (Å²) in [6.07, 6.45) is 0.780. The van der Waals surface area contributed by atoms with Crippen molar-refractivity contribution in [3.63, 3.8) is 0 Å². The highest BCUT2D eigenvalue weighted by molar-refractivity contribution is 6.33. The van der Waals surface area contributed by atoms with E-state index in [9.17, 15) is 5.11 Å². The van der Waals surface area contributed by atoms with E-state index in [1.807, 2.05) is 18.2 Å². The van der Waals surface area contributed by atoms with E-state index in [2.05, 4.69) is 29.8 Å². The van der Waals surface area contributed by atoms with Crippen LogP contribution in [-0.2, 0) is 0 Å². The van der Waals surface area contributed by atoms with Gasteiger partial charge in [-0.1, -0.05) is 23.7 Å². The maximum Gasteiger partial charge on any atom is 0.0639 e. The highest BCUT2D eigenvalue weighted by Crippen LogP contribution is 2.30. The van der Waals surface area contributed by atoms with E-state index in [1.54, 1.807) is 0 Å². The highest BCUT2D eigenvalue weighted by Gasteiger charge is 2.30. The first kappa shape index (κ1) is 13.7. The Hall–Kier alpha value is -0.770. The molecule has 4 heteroatoms. The minimum absolute atomic E-state index is 0.216. The van der Waals surface area contributed by atoms with Gasteiger partial charge in [0.25, 0.3) is 0 Å². The van der Waals surface area contributed by atoms with E-state index in [-0.39, 0.29) is 6.61 Å². The summed E-state index contributed by atoms with van der Waals surface area (Å²) in [6.45, 7) is 4.35. The molecule has 0 aliphatic carbocycles. The summed E-state index contributed by atoms with van der Waals surface area (Å²) in [5.74, 6) is 0. The van der Waals surface area contributed by atoms with E-state index in [0.29, 0.717) is 12.1 Å². The number of likely N-dealkylation sites (N-methyl/N-ethyl adjacent to an activating group) is 1. The number of anilines is 1. The summed E-state index contributed by atoms with van der Waals surface area (Å²) in [5.41, 5.74) is 1.08. The van der Waals surface area contributed by atoms with Gasteiger partial charge in [0.2, 0.25) is 0 Å². The van der Waals surface area contributed by atoms with Crippen LogP contribution < -0.4 is 4.90 Å². The number of para-hydroxylation sites is 1. The van der Waals surface area contributed by atoms with E-state index >= 15 is 0 Å². The highest BCUT2D eigenvalue weighted by atomic mass is 35.5. The Morgan fingerprint density at radius 1 is 1.33 bits per heavy atom. The lowest BCUT2D eigenvalue weighted by molar-refractivity contribution is 0.177. The van der Waals surface area contributed by atoms with Crippen LogP contribution in [0, 0.1) is 0 Å². The Balaban J connectivity index is 2.25. The molecule has 2 unspecified atom stereocenters. The lowest BCUT2D eigenvalue weighted by atomic mass is 10.0. The molecule has 0 radical (unpaired) electrons. The smallest absolute Gasteiger partial charge is 0.0639 e.